The molecule has 0 unspecified atom stereocenters. The fourth-order valence-corrected chi connectivity index (χ4v) is 2.24. The van der Waals surface area contributed by atoms with Gasteiger partial charge in [-0.15, -0.1) is 0 Å². The molecule has 0 saturated heterocycles. The number of carbonyl (C=O) groups is 1. The van der Waals surface area contributed by atoms with Crippen molar-refractivity contribution in [2.24, 2.45) is 0 Å². The molecule has 0 bridgehead atoms. The van der Waals surface area contributed by atoms with Crippen molar-refractivity contribution in [2.45, 2.75) is 6.04 Å². The van der Waals surface area contributed by atoms with Crippen molar-refractivity contribution in [3.63, 3.8) is 0 Å². The Bertz CT molecular complexity index is 680. The van der Waals surface area contributed by atoms with E-state index in [9.17, 15) is 4.79 Å². The second kappa shape index (κ2) is 4.40. The Morgan fingerprint density at radius 3 is 2.95 bits per heavy atom. The zero-order valence-corrected chi connectivity index (χ0v) is 10.4. The quantitative estimate of drug-likeness (QED) is 0.876. The van der Waals surface area contributed by atoms with Crippen LogP contribution in [0.5, 0.6) is 0 Å². The standard InChI is InChI=1S/C12H9ClN4O2/c13-8-4-2-1-3-7(8)10-5-9(11(18)19)16-12-14-6-15-17(10)12/h1-6,10H,(H,18,19)(H,14,15,16)/t10-/m1/s1. The van der Waals surface area contributed by atoms with Gasteiger partial charge in [0.15, 0.2) is 0 Å². The van der Waals surface area contributed by atoms with Crippen molar-refractivity contribution in [1.29, 1.82) is 0 Å². The summed E-state index contributed by atoms with van der Waals surface area (Å²) in [6.07, 6.45) is 2.93. The van der Waals surface area contributed by atoms with Crippen LogP contribution >= 0.6 is 11.6 Å². The minimum atomic E-state index is -1.05. The summed E-state index contributed by atoms with van der Waals surface area (Å²) in [6.45, 7) is 0. The predicted molar refractivity (Wildman–Crippen MR) is 69.0 cm³/mol. The van der Waals surface area contributed by atoms with E-state index >= 15 is 0 Å². The lowest BCUT2D eigenvalue weighted by molar-refractivity contribution is -0.132. The molecule has 1 aliphatic heterocycles. The lowest BCUT2D eigenvalue weighted by Gasteiger charge is -2.23. The van der Waals surface area contributed by atoms with Gasteiger partial charge in [-0.25, -0.2) is 9.48 Å². The number of aliphatic carboxylic acids is 1. The van der Waals surface area contributed by atoms with Crippen LogP contribution in [0.25, 0.3) is 0 Å². The van der Waals surface area contributed by atoms with Crippen molar-refractivity contribution < 1.29 is 9.90 Å². The summed E-state index contributed by atoms with van der Waals surface area (Å²) < 4.78 is 1.59. The third-order valence-corrected chi connectivity index (χ3v) is 3.21. The third-order valence-electron chi connectivity index (χ3n) is 2.86. The van der Waals surface area contributed by atoms with E-state index in [1.807, 2.05) is 18.2 Å². The van der Waals surface area contributed by atoms with Crippen LogP contribution < -0.4 is 5.32 Å². The van der Waals surface area contributed by atoms with Gasteiger partial charge in [0.25, 0.3) is 0 Å². The monoisotopic (exact) mass is 276 g/mol. The van der Waals surface area contributed by atoms with Crippen molar-refractivity contribution in [3.8, 4) is 0 Å². The van der Waals surface area contributed by atoms with Crippen LogP contribution in [0.3, 0.4) is 0 Å². The summed E-state index contributed by atoms with van der Waals surface area (Å²) in [5.74, 6) is -0.670. The predicted octanol–water partition coefficient (Wildman–Crippen LogP) is 1.91. The molecular weight excluding hydrogens is 268 g/mol. The molecule has 2 N–H and O–H groups in total. The number of anilines is 1. The van der Waals surface area contributed by atoms with Gasteiger partial charge in [0.1, 0.15) is 18.1 Å². The van der Waals surface area contributed by atoms with Gasteiger partial charge in [0.2, 0.25) is 5.95 Å². The van der Waals surface area contributed by atoms with Crippen molar-refractivity contribution in [1.82, 2.24) is 14.8 Å². The van der Waals surface area contributed by atoms with Crippen LogP contribution in [0.1, 0.15) is 11.6 Å². The molecule has 1 aliphatic rings. The fourth-order valence-electron chi connectivity index (χ4n) is 1.99. The van der Waals surface area contributed by atoms with Crippen LogP contribution in [-0.2, 0) is 4.79 Å². The van der Waals surface area contributed by atoms with Gasteiger partial charge in [-0.2, -0.15) is 10.1 Å². The molecule has 19 heavy (non-hydrogen) atoms. The van der Waals surface area contributed by atoms with E-state index in [0.29, 0.717) is 11.0 Å². The van der Waals surface area contributed by atoms with Gasteiger partial charge < -0.3 is 10.4 Å². The number of hydrogen-bond donors (Lipinski definition) is 2. The number of carboxylic acids is 1. The normalized spacial score (nSPS) is 17.3. The van der Waals surface area contributed by atoms with Gasteiger partial charge in [0, 0.05) is 5.02 Å². The Balaban J connectivity index is 2.15. The number of fused-ring (bicyclic) bond motifs is 1. The topological polar surface area (TPSA) is 80.0 Å². The van der Waals surface area contributed by atoms with Crippen LogP contribution in [0.15, 0.2) is 42.4 Å². The van der Waals surface area contributed by atoms with E-state index in [2.05, 4.69) is 15.4 Å². The van der Waals surface area contributed by atoms with E-state index in [1.54, 1.807) is 16.8 Å². The minimum absolute atomic E-state index is 0.0606. The molecule has 0 radical (unpaired) electrons. The number of allylic oxidation sites excluding steroid dienone is 1. The molecule has 7 heteroatoms. The zero-order valence-electron chi connectivity index (χ0n) is 9.62. The first-order chi connectivity index (χ1) is 9.16. The molecule has 1 atom stereocenters. The van der Waals surface area contributed by atoms with Crippen LogP contribution in [0, 0.1) is 0 Å². The maximum atomic E-state index is 11.1. The number of benzene rings is 1. The Morgan fingerprint density at radius 2 is 2.21 bits per heavy atom. The maximum absolute atomic E-state index is 11.1. The number of aromatic nitrogens is 3. The molecule has 1 aromatic carbocycles. The van der Waals surface area contributed by atoms with Gasteiger partial charge in [0.05, 0.1) is 0 Å². The molecule has 2 heterocycles. The Hall–Kier alpha value is -2.34. The highest BCUT2D eigenvalue weighted by Crippen LogP contribution is 2.32. The van der Waals surface area contributed by atoms with Gasteiger partial charge >= 0.3 is 5.97 Å². The van der Waals surface area contributed by atoms with Gasteiger partial charge in [-0.05, 0) is 17.7 Å². The van der Waals surface area contributed by atoms with E-state index in [1.165, 1.54) is 6.33 Å². The van der Waals surface area contributed by atoms with Crippen molar-refractivity contribution >= 4 is 23.5 Å². The van der Waals surface area contributed by atoms with Crippen molar-refractivity contribution in [2.75, 3.05) is 5.32 Å². The van der Waals surface area contributed by atoms with Crippen LogP contribution in [0.4, 0.5) is 5.95 Å². The average molecular weight is 277 g/mol. The van der Waals surface area contributed by atoms with E-state index in [4.69, 9.17) is 16.7 Å². The summed E-state index contributed by atoms with van der Waals surface area (Å²) in [4.78, 5) is 15.1. The second-order valence-electron chi connectivity index (χ2n) is 4.01. The molecule has 1 aromatic heterocycles. The molecule has 2 aromatic rings. The van der Waals surface area contributed by atoms with E-state index in [0.717, 1.165) is 5.56 Å². The number of nitrogens with one attached hydrogen (secondary N) is 1. The first-order valence-electron chi connectivity index (χ1n) is 5.53. The SMILES string of the molecule is O=C(O)C1=C[C@H](c2ccccc2Cl)n2ncnc2N1. The van der Waals surface area contributed by atoms with Gasteiger partial charge in [-0.3, -0.25) is 0 Å². The van der Waals surface area contributed by atoms with Crippen molar-refractivity contribution in [3.05, 3.63) is 53.0 Å². The highest BCUT2D eigenvalue weighted by Gasteiger charge is 2.26. The number of hydrogen-bond acceptors (Lipinski definition) is 4. The largest absolute Gasteiger partial charge is 0.477 e. The molecule has 0 spiro atoms. The molecule has 0 aliphatic carbocycles. The molecular formula is C12H9ClN4O2. The highest BCUT2D eigenvalue weighted by molar-refractivity contribution is 6.31. The lowest BCUT2D eigenvalue weighted by atomic mass is 10.0. The number of halogens is 1. The lowest BCUT2D eigenvalue weighted by Crippen LogP contribution is -2.24. The fraction of sp³-hybridized carbons (Fsp3) is 0.0833. The molecule has 0 saturated carbocycles. The summed E-state index contributed by atoms with van der Waals surface area (Å²) in [7, 11) is 0. The molecule has 0 amide bonds. The zero-order chi connectivity index (χ0) is 13.4. The summed E-state index contributed by atoms with van der Waals surface area (Å²) >= 11 is 6.16. The summed E-state index contributed by atoms with van der Waals surface area (Å²) in [6, 6.07) is 6.85. The van der Waals surface area contributed by atoms with Crippen LogP contribution in [-0.4, -0.2) is 25.8 Å². The van der Waals surface area contributed by atoms with Crippen LogP contribution in [0.2, 0.25) is 5.02 Å². The first kappa shape index (κ1) is 11.7. The van der Waals surface area contributed by atoms with E-state index in [-0.39, 0.29) is 5.70 Å². The number of nitrogens with zero attached hydrogens (tertiary/aromatic N) is 3. The van der Waals surface area contributed by atoms with Gasteiger partial charge in [-0.1, -0.05) is 29.8 Å². The number of rotatable bonds is 2. The number of carboxylic acid groups (broad SMARTS) is 1. The second-order valence-corrected chi connectivity index (χ2v) is 4.41. The molecule has 6 nitrogen and oxygen atoms in total. The van der Waals surface area contributed by atoms with E-state index < -0.39 is 12.0 Å². The average Bonchev–Trinajstić information content (AvgIpc) is 2.86. The molecule has 96 valence electrons. The maximum Gasteiger partial charge on any atom is 0.352 e. The first-order valence-corrected chi connectivity index (χ1v) is 5.90. The smallest absolute Gasteiger partial charge is 0.352 e. The Labute approximate surface area is 113 Å². The Morgan fingerprint density at radius 1 is 1.42 bits per heavy atom. The highest BCUT2D eigenvalue weighted by atomic mass is 35.5. The molecule has 3 rings (SSSR count). The minimum Gasteiger partial charge on any atom is -0.477 e. The summed E-state index contributed by atoms with van der Waals surface area (Å²) in [5.41, 5.74) is 0.835. The Kier molecular flexibility index (Phi) is 2.72. The summed E-state index contributed by atoms with van der Waals surface area (Å²) in [5, 5.41) is 16.5. The molecule has 0 fully saturated rings. The third kappa shape index (κ3) is 1.96.